The summed E-state index contributed by atoms with van der Waals surface area (Å²) < 4.78 is 0. The van der Waals surface area contributed by atoms with Crippen LogP contribution in [0.1, 0.15) is 52.2 Å². The highest BCUT2D eigenvalue weighted by Gasteiger charge is 2.39. The first-order valence-electron chi connectivity index (χ1n) is 10.4. The Balaban J connectivity index is 1.81. The Hall–Kier alpha value is -2.62. The number of para-hydroxylation sites is 1. The van der Waals surface area contributed by atoms with Crippen LogP contribution in [0.25, 0.3) is 0 Å². The Morgan fingerprint density at radius 2 is 1.69 bits per heavy atom. The minimum absolute atomic E-state index is 0.0310. The molecule has 4 heteroatoms. The Morgan fingerprint density at radius 3 is 2.31 bits per heavy atom. The molecule has 2 aromatic rings. The Kier molecular flexibility index (Phi) is 6.11. The number of carbonyl (C=O) groups excluding carboxylic acids is 2. The Bertz CT molecular complexity index is 868. The van der Waals surface area contributed by atoms with Crippen molar-refractivity contribution in [1.82, 2.24) is 4.90 Å². The van der Waals surface area contributed by atoms with Gasteiger partial charge in [-0.25, -0.2) is 0 Å². The van der Waals surface area contributed by atoms with E-state index in [1.54, 1.807) is 0 Å². The van der Waals surface area contributed by atoms with Crippen molar-refractivity contribution < 1.29 is 9.59 Å². The third kappa shape index (κ3) is 4.69. The van der Waals surface area contributed by atoms with E-state index in [4.69, 9.17) is 0 Å². The van der Waals surface area contributed by atoms with Gasteiger partial charge in [0.15, 0.2) is 0 Å². The van der Waals surface area contributed by atoms with Gasteiger partial charge in [-0.2, -0.15) is 0 Å². The summed E-state index contributed by atoms with van der Waals surface area (Å²) in [4.78, 5) is 29.9. The van der Waals surface area contributed by atoms with Gasteiger partial charge in [0.25, 0.3) is 0 Å². The van der Waals surface area contributed by atoms with Gasteiger partial charge in [-0.1, -0.05) is 69.3 Å². The molecular formula is C25H32N2O2. The van der Waals surface area contributed by atoms with Crippen LogP contribution in [0.5, 0.6) is 0 Å². The number of anilines is 1. The van der Waals surface area contributed by atoms with Gasteiger partial charge in [-0.05, 0) is 36.5 Å². The molecule has 0 N–H and O–H groups in total. The predicted molar refractivity (Wildman–Crippen MR) is 118 cm³/mol. The van der Waals surface area contributed by atoms with E-state index in [-0.39, 0.29) is 35.6 Å². The van der Waals surface area contributed by atoms with Crippen LogP contribution in [0.15, 0.2) is 54.6 Å². The van der Waals surface area contributed by atoms with Crippen molar-refractivity contribution in [2.75, 3.05) is 11.4 Å². The molecule has 0 aromatic heterocycles. The van der Waals surface area contributed by atoms with E-state index in [1.165, 1.54) is 0 Å². The monoisotopic (exact) mass is 392 g/mol. The van der Waals surface area contributed by atoms with Crippen molar-refractivity contribution in [1.29, 1.82) is 0 Å². The number of amides is 2. The molecule has 1 fully saturated rings. The lowest BCUT2D eigenvalue weighted by Gasteiger charge is -2.30. The second kappa shape index (κ2) is 8.40. The fourth-order valence-corrected chi connectivity index (χ4v) is 3.98. The van der Waals surface area contributed by atoms with Crippen molar-refractivity contribution in [3.05, 3.63) is 65.7 Å². The lowest BCUT2D eigenvalue weighted by Crippen LogP contribution is -2.41. The van der Waals surface area contributed by atoms with Crippen LogP contribution in [0.3, 0.4) is 0 Å². The zero-order chi connectivity index (χ0) is 21.2. The SMILES string of the molecule is CC(C)N(Cc1ccccc1)C(=O)C1CC(=O)N(c2ccccc2C(C)(C)C)C1. The molecule has 0 bridgehead atoms. The van der Waals surface area contributed by atoms with Gasteiger partial charge in [0, 0.05) is 31.2 Å². The summed E-state index contributed by atoms with van der Waals surface area (Å²) >= 11 is 0. The van der Waals surface area contributed by atoms with Gasteiger partial charge < -0.3 is 9.80 Å². The van der Waals surface area contributed by atoms with Crippen LogP contribution in [0.2, 0.25) is 0 Å². The molecule has 1 atom stereocenters. The number of hydrogen-bond acceptors (Lipinski definition) is 2. The molecule has 1 saturated heterocycles. The fourth-order valence-electron chi connectivity index (χ4n) is 3.98. The standard InChI is InChI=1S/C25H32N2O2/c1-18(2)26(16-19-11-7-6-8-12-19)24(29)20-15-23(28)27(17-20)22-14-10-9-13-21(22)25(3,4)5/h6-14,18,20H,15-17H2,1-5H3. The summed E-state index contributed by atoms with van der Waals surface area (Å²) in [5, 5.41) is 0. The highest BCUT2D eigenvalue weighted by atomic mass is 16.2. The van der Waals surface area contributed by atoms with Gasteiger partial charge >= 0.3 is 0 Å². The van der Waals surface area contributed by atoms with E-state index in [9.17, 15) is 9.59 Å². The molecule has 1 aliphatic rings. The van der Waals surface area contributed by atoms with Crippen molar-refractivity contribution in [2.24, 2.45) is 5.92 Å². The highest BCUT2D eigenvalue weighted by Crippen LogP contribution is 2.35. The Morgan fingerprint density at radius 1 is 1.07 bits per heavy atom. The van der Waals surface area contributed by atoms with Crippen LogP contribution in [-0.2, 0) is 21.5 Å². The molecule has 1 unspecified atom stereocenters. The first-order valence-corrected chi connectivity index (χ1v) is 10.4. The molecule has 1 aliphatic heterocycles. The molecule has 154 valence electrons. The maximum atomic E-state index is 13.3. The van der Waals surface area contributed by atoms with E-state index in [1.807, 2.05) is 72.2 Å². The van der Waals surface area contributed by atoms with Crippen molar-refractivity contribution in [3.63, 3.8) is 0 Å². The number of carbonyl (C=O) groups is 2. The summed E-state index contributed by atoms with van der Waals surface area (Å²) in [7, 11) is 0. The van der Waals surface area contributed by atoms with Crippen molar-refractivity contribution in [2.45, 2.75) is 59.0 Å². The molecule has 2 aromatic carbocycles. The van der Waals surface area contributed by atoms with Crippen LogP contribution in [-0.4, -0.2) is 29.3 Å². The molecule has 1 heterocycles. The molecule has 2 amide bonds. The minimum atomic E-state index is -0.304. The molecule has 4 nitrogen and oxygen atoms in total. The summed E-state index contributed by atoms with van der Waals surface area (Å²) in [6.45, 7) is 11.5. The zero-order valence-corrected chi connectivity index (χ0v) is 18.2. The quantitative estimate of drug-likeness (QED) is 0.735. The van der Waals surface area contributed by atoms with Gasteiger partial charge in [-0.15, -0.1) is 0 Å². The molecule has 0 saturated carbocycles. The van der Waals surface area contributed by atoms with Gasteiger partial charge in [0.05, 0.1) is 5.92 Å². The average molecular weight is 393 g/mol. The van der Waals surface area contributed by atoms with E-state index < -0.39 is 0 Å². The first kappa shape index (κ1) is 21.1. The van der Waals surface area contributed by atoms with E-state index in [2.05, 4.69) is 26.8 Å². The molecular weight excluding hydrogens is 360 g/mol. The predicted octanol–water partition coefficient (Wildman–Crippen LogP) is 4.77. The normalized spacial score (nSPS) is 17.1. The summed E-state index contributed by atoms with van der Waals surface area (Å²) in [6, 6.07) is 18.1. The van der Waals surface area contributed by atoms with Crippen LogP contribution in [0.4, 0.5) is 5.69 Å². The third-order valence-corrected chi connectivity index (χ3v) is 5.58. The molecule has 3 rings (SSSR count). The third-order valence-electron chi connectivity index (χ3n) is 5.58. The molecule has 0 spiro atoms. The minimum Gasteiger partial charge on any atom is -0.336 e. The maximum absolute atomic E-state index is 13.3. The fraction of sp³-hybridized carbons (Fsp3) is 0.440. The summed E-state index contributed by atoms with van der Waals surface area (Å²) in [5.41, 5.74) is 3.09. The second-order valence-corrected chi connectivity index (χ2v) is 9.22. The number of benzene rings is 2. The van der Waals surface area contributed by atoms with Crippen LogP contribution >= 0.6 is 0 Å². The van der Waals surface area contributed by atoms with Gasteiger partial charge in [0.1, 0.15) is 0 Å². The lowest BCUT2D eigenvalue weighted by molar-refractivity contribution is -0.138. The average Bonchev–Trinajstić information content (AvgIpc) is 3.07. The molecule has 29 heavy (non-hydrogen) atoms. The smallest absolute Gasteiger partial charge is 0.228 e. The Labute approximate surface area is 174 Å². The van der Waals surface area contributed by atoms with E-state index in [0.29, 0.717) is 13.1 Å². The number of rotatable bonds is 5. The van der Waals surface area contributed by atoms with Crippen LogP contribution in [0, 0.1) is 5.92 Å². The van der Waals surface area contributed by atoms with Crippen LogP contribution < -0.4 is 4.90 Å². The molecule has 0 aliphatic carbocycles. The van der Waals surface area contributed by atoms with Gasteiger partial charge in [-0.3, -0.25) is 9.59 Å². The number of nitrogens with zero attached hydrogens (tertiary/aromatic N) is 2. The van der Waals surface area contributed by atoms with Crippen molar-refractivity contribution in [3.8, 4) is 0 Å². The summed E-state index contributed by atoms with van der Waals surface area (Å²) in [6.07, 6.45) is 0.273. The number of hydrogen-bond donors (Lipinski definition) is 0. The zero-order valence-electron chi connectivity index (χ0n) is 18.2. The maximum Gasteiger partial charge on any atom is 0.228 e. The first-order chi connectivity index (χ1) is 13.7. The second-order valence-electron chi connectivity index (χ2n) is 9.22. The van der Waals surface area contributed by atoms with E-state index >= 15 is 0 Å². The highest BCUT2D eigenvalue weighted by molar-refractivity contribution is 6.01. The van der Waals surface area contributed by atoms with Gasteiger partial charge in [0.2, 0.25) is 11.8 Å². The lowest BCUT2D eigenvalue weighted by atomic mass is 9.85. The summed E-state index contributed by atoms with van der Waals surface area (Å²) in [5.74, 6) is -0.210. The largest absolute Gasteiger partial charge is 0.336 e. The topological polar surface area (TPSA) is 40.6 Å². The van der Waals surface area contributed by atoms with E-state index in [0.717, 1.165) is 16.8 Å². The van der Waals surface area contributed by atoms with Crippen molar-refractivity contribution >= 4 is 17.5 Å². The molecule has 0 radical (unpaired) electrons.